The fourth-order valence-corrected chi connectivity index (χ4v) is 0.327. The Morgan fingerprint density at radius 1 is 1.64 bits per heavy atom. The van der Waals surface area contributed by atoms with Crippen LogP contribution in [0.5, 0.6) is 0 Å². The van der Waals surface area contributed by atoms with Crippen LogP contribution >= 0.6 is 0 Å². The van der Waals surface area contributed by atoms with E-state index in [9.17, 15) is 0 Å². The first-order valence-electron chi connectivity index (χ1n) is 2.50. The van der Waals surface area contributed by atoms with Gasteiger partial charge in [0.25, 0.3) is 5.95 Å². The predicted octanol–water partition coefficient (Wildman–Crippen LogP) is -0.906. The van der Waals surface area contributed by atoms with Gasteiger partial charge in [0.1, 0.15) is 0 Å². The second-order valence-electron chi connectivity index (χ2n) is 1.29. The summed E-state index contributed by atoms with van der Waals surface area (Å²) in [6.07, 6.45) is 8.47. The maximum absolute atomic E-state index is 6.37. The number of hydrogen-bond acceptors (Lipinski definition) is 5. The molecular formula is C5H2N5O-. The Morgan fingerprint density at radius 2 is 2.55 bits per heavy atom. The molecule has 0 radical (unpaired) electrons. The summed E-state index contributed by atoms with van der Waals surface area (Å²) < 4.78 is 0. The third kappa shape index (κ3) is 2.24. The summed E-state index contributed by atoms with van der Waals surface area (Å²) >= 11 is 0. The van der Waals surface area contributed by atoms with Crippen molar-refractivity contribution < 1.29 is 4.84 Å². The number of aromatic amines is 1. The van der Waals surface area contributed by atoms with Gasteiger partial charge in [-0.3, -0.25) is 5.92 Å². The molecule has 0 aliphatic rings. The lowest BCUT2D eigenvalue weighted by molar-refractivity contribution is 0.358. The van der Waals surface area contributed by atoms with Gasteiger partial charge in [-0.2, -0.15) is 10.7 Å². The van der Waals surface area contributed by atoms with E-state index in [-0.39, 0.29) is 5.95 Å². The van der Waals surface area contributed by atoms with Crippen molar-refractivity contribution in [1.29, 1.82) is 0 Å². The summed E-state index contributed by atoms with van der Waals surface area (Å²) in [4.78, 5) is 4.44. The van der Waals surface area contributed by atoms with Crippen molar-refractivity contribution in [2.45, 2.75) is 0 Å². The monoisotopic (exact) mass is 148 g/mol. The van der Waals surface area contributed by atoms with Crippen LogP contribution in [0.25, 0.3) is 0 Å². The maximum atomic E-state index is 6.37. The number of hydrogen-bond donors (Lipinski definition) is 2. The molecular weight excluding hydrogens is 146 g/mol. The molecule has 6 heteroatoms. The summed E-state index contributed by atoms with van der Waals surface area (Å²) in [6.45, 7) is 0. The van der Waals surface area contributed by atoms with Crippen molar-refractivity contribution >= 4 is 5.95 Å². The Bertz CT molecular complexity index is 300. The van der Waals surface area contributed by atoms with E-state index in [2.05, 4.69) is 43.0 Å². The van der Waals surface area contributed by atoms with Crippen LogP contribution in [0.3, 0.4) is 0 Å². The topological polar surface area (TPSA) is 75.7 Å². The van der Waals surface area contributed by atoms with E-state index in [1.165, 1.54) is 0 Å². The molecule has 0 spiro atoms. The third-order valence-corrected chi connectivity index (χ3v) is 0.652. The highest BCUT2D eigenvalue weighted by Crippen LogP contribution is 1.87. The lowest BCUT2D eigenvalue weighted by atomic mass is 10.7. The minimum atomic E-state index is 0.171. The van der Waals surface area contributed by atoms with E-state index >= 15 is 0 Å². The Labute approximate surface area is 62.3 Å². The molecule has 0 aromatic carbocycles. The molecule has 0 aliphatic carbocycles. The van der Waals surface area contributed by atoms with E-state index in [0.717, 1.165) is 0 Å². The van der Waals surface area contributed by atoms with Crippen LogP contribution in [0.2, 0.25) is 0 Å². The number of rotatable bonds is 2. The number of nitrogens with zero attached hydrogens (tertiary/aromatic N) is 3. The van der Waals surface area contributed by atoms with E-state index in [1.54, 1.807) is 0 Å². The van der Waals surface area contributed by atoms with Crippen molar-refractivity contribution in [3.05, 3.63) is 6.42 Å². The van der Waals surface area contributed by atoms with Gasteiger partial charge in [0.05, 0.1) is 0 Å². The average Bonchev–Trinajstić information content (AvgIpc) is 2.50. The average molecular weight is 148 g/mol. The minimum Gasteiger partial charge on any atom is -0.358 e. The van der Waals surface area contributed by atoms with Gasteiger partial charge in [0, 0.05) is 6.11 Å². The van der Waals surface area contributed by atoms with Crippen LogP contribution in [0.1, 0.15) is 0 Å². The summed E-state index contributed by atoms with van der Waals surface area (Å²) in [6, 6.07) is 0. The molecule has 0 fully saturated rings. The zero-order chi connectivity index (χ0) is 7.94. The molecule has 0 saturated heterocycles. The largest absolute Gasteiger partial charge is 0.358 e. The van der Waals surface area contributed by atoms with Crippen LogP contribution in [0.4, 0.5) is 5.95 Å². The van der Waals surface area contributed by atoms with Crippen LogP contribution in [-0.2, 0) is 4.84 Å². The van der Waals surface area contributed by atoms with E-state index in [0.29, 0.717) is 0 Å². The van der Waals surface area contributed by atoms with Crippen molar-refractivity contribution in [3.63, 3.8) is 0 Å². The van der Waals surface area contributed by atoms with Gasteiger partial charge < -0.3 is 11.3 Å². The highest BCUT2D eigenvalue weighted by molar-refractivity contribution is 5.18. The van der Waals surface area contributed by atoms with Gasteiger partial charge in [0.2, 0.25) is 0 Å². The summed E-state index contributed by atoms with van der Waals surface area (Å²) in [5.74, 6) is 4.08. The molecule has 0 aliphatic heterocycles. The lowest BCUT2D eigenvalue weighted by Gasteiger charge is -1.93. The standard InChI is InChI=1S/C5H2N5O/c1-2-3-4-11-8-5-6-9-10-7-5/h(H2,6,7,8,9,10)/q-1. The smallest absolute Gasteiger partial charge is 0.296 e. The van der Waals surface area contributed by atoms with Crippen molar-refractivity contribution in [2.75, 3.05) is 5.48 Å². The van der Waals surface area contributed by atoms with Gasteiger partial charge in [-0.05, 0) is 5.21 Å². The molecule has 1 aromatic rings. The highest BCUT2D eigenvalue weighted by atomic mass is 16.6. The molecule has 1 rings (SSSR count). The Hall–Kier alpha value is -2.21. The number of tetrazole rings is 1. The van der Waals surface area contributed by atoms with Gasteiger partial charge >= 0.3 is 0 Å². The molecule has 0 unspecified atom stereocenters. The van der Waals surface area contributed by atoms with E-state index in [4.69, 9.17) is 6.42 Å². The first kappa shape index (κ1) is 6.90. The molecule has 0 amide bonds. The van der Waals surface area contributed by atoms with Crippen molar-refractivity contribution in [3.8, 4) is 17.9 Å². The molecule has 11 heavy (non-hydrogen) atoms. The Kier molecular flexibility index (Phi) is 2.35. The number of H-pyrrole nitrogens is 1. The van der Waals surface area contributed by atoms with Gasteiger partial charge in [-0.1, -0.05) is 5.10 Å². The summed E-state index contributed by atoms with van der Waals surface area (Å²) in [7, 11) is 0. The fraction of sp³-hybridized carbons (Fsp3) is 0. The first-order chi connectivity index (χ1) is 5.43. The Morgan fingerprint density at radius 3 is 3.18 bits per heavy atom. The first-order valence-corrected chi connectivity index (χ1v) is 2.50. The second-order valence-corrected chi connectivity index (χ2v) is 1.29. The van der Waals surface area contributed by atoms with Crippen LogP contribution in [0, 0.1) is 24.4 Å². The minimum absolute atomic E-state index is 0.171. The lowest BCUT2D eigenvalue weighted by Crippen LogP contribution is -1.96. The summed E-state index contributed by atoms with van der Waals surface area (Å²) in [5.41, 5.74) is 2.25. The zero-order valence-electron chi connectivity index (χ0n) is 5.25. The quantitative estimate of drug-likeness (QED) is 0.322. The molecule has 0 bridgehead atoms. The Balaban J connectivity index is 2.31. The van der Waals surface area contributed by atoms with Gasteiger partial charge in [-0.25, -0.2) is 5.92 Å². The zero-order valence-corrected chi connectivity index (χ0v) is 5.25. The van der Waals surface area contributed by atoms with Crippen LogP contribution in [0.15, 0.2) is 0 Å². The molecule has 0 saturated carbocycles. The van der Waals surface area contributed by atoms with E-state index in [1.807, 2.05) is 5.92 Å². The normalized spacial score (nSPS) is 7.18. The van der Waals surface area contributed by atoms with Crippen molar-refractivity contribution in [2.24, 2.45) is 0 Å². The van der Waals surface area contributed by atoms with E-state index < -0.39 is 0 Å². The molecule has 1 heterocycles. The van der Waals surface area contributed by atoms with Crippen LogP contribution in [-0.4, -0.2) is 20.6 Å². The number of nitrogens with one attached hydrogen (secondary N) is 2. The fourth-order valence-electron chi connectivity index (χ4n) is 0.327. The molecule has 6 nitrogen and oxygen atoms in total. The number of aromatic nitrogens is 4. The van der Waals surface area contributed by atoms with Gasteiger partial charge in [0.15, 0.2) is 0 Å². The number of anilines is 1. The maximum Gasteiger partial charge on any atom is 0.296 e. The molecule has 1 aromatic heterocycles. The molecule has 54 valence electrons. The SMILES string of the molecule is [C-]#CC#CONc1nn[nH]n1. The van der Waals surface area contributed by atoms with Crippen molar-refractivity contribution in [1.82, 2.24) is 20.6 Å². The third-order valence-electron chi connectivity index (χ3n) is 0.652. The second kappa shape index (κ2) is 3.75. The van der Waals surface area contributed by atoms with Gasteiger partial charge in [-0.15, -0.1) is 5.10 Å². The molecule has 2 N–H and O–H groups in total. The molecule has 0 atom stereocenters. The highest BCUT2D eigenvalue weighted by Gasteiger charge is 1.91. The summed E-state index contributed by atoms with van der Waals surface area (Å²) in [5, 5.41) is 12.4. The van der Waals surface area contributed by atoms with Crippen LogP contribution < -0.4 is 5.48 Å². The predicted molar refractivity (Wildman–Crippen MR) is 33.8 cm³/mol.